The van der Waals surface area contributed by atoms with E-state index in [1.54, 1.807) is 18.2 Å². The van der Waals surface area contributed by atoms with Gasteiger partial charge in [0.2, 0.25) is 5.60 Å². The molecule has 0 saturated heterocycles. The molecule has 2 aromatic carbocycles. The molecule has 0 fully saturated rings. The SMILES string of the molecule is COc1cc(Br)ccc1C(C)(C)CC(O)(C(=O)Nc1ccc2c(c1)COC2=O)C(F)(F)F. The van der Waals surface area contributed by atoms with E-state index >= 15 is 0 Å². The normalized spacial score (nSPS) is 15.6. The highest BCUT2D eigenvalue weighted by Gasteiger charge is 2.61. The van der Waals surface area contributed by atoms with Crippen LogP contribution < -0.4 is 10.1 Å². The molecule has 1 amide bonds. The van der Waals surface area contributed by atoms with Crippen molar-refractivity contribution in [2.45, 2.75) is 44.1 Å². The minimum Gasteiger partial charge on any atom is -0.496 e. The van der Waals surface area contributed by atoms with E-state index in [0.29, 0.717) is 21.3 Å². The third-order valence-corrected chi connectivity index (χ3v) is 5.87. The van der Waals surface area contributed by atoms with Crippen LogP contribution in [0.3, 0.4) is 0 Å². The fourth-order valence-electron chi connectivity index (χ4n) is 3.71. The van der Waals surface area contributed by atoms with Crippen LogP contribution in [-0.2, 0) is 21.6 Å². The monoisotopic (exact) mass is 515 g/mol. The Labute approximate surface area is 190 Å². The molecule has 2 aromatic rings. The predicted molar refractivity (Wildman–Crippen MR) is 114 cm³/mol. The summed E-state index contributed by atoms with van der Waals surface area (Å²) in [7, 11) is 1.38. The molecule has 0 aromatic heterocycles. The third kappa shape index (κ3) is 4.47. The Kier molecular flexibility index (Phi) is 6.32. The summed E-state index contributed by atoms with van der Waals surface area (Å²) in [6.45, 7) is 2.93. The number of hydrogen-bond acceptors (Lipinski definition) is 5. The average molecular weight is 516 g/mol. The van der Waals surface area contributed by atoms with Crippen molar-refractivity contribution in [3.05, 3.63) is 57.6 Å². The lowest BCUT2D eigenvalue weighted by Gasteiger charge is -2.37. The standard InChI is InChI=1S/C22H21BrF3NO5/c1-20(2,16-7-4-13(23)9-17(16)31-3)11-21(30,22(24,25)26)19(29)27-14-5-6-15-12(8-14)10-32-18(15)28/h4-9,30H,10-11H2,1-3H3,(H,27,29). The maximum absolute atomic E-state index is 14.0. The summed E-state index contributed by atoms with van der Waals surface area (Å²) in [6.07, 6.45) is -6.22. The minimum atomic E-state index is -5.26. The molecule has 2 N–H and O–H groups in total. The quantitative estimate of drug-likeness (QED) is 0.543. The summed E-state index contributed by atoms with van der Waals surface area (Å²) < 4.78 is 52.8. The largest absolute Gasteiger partial charge is 0.496 e. The van der Waals surface area contributed by atoms with Crippen LogP contribution in [-0.4, -0.2) is 35.9 Å². The molecule has 0 saturated carbocycles. The Bertz CT molecular complexity index is 1070. The fraction of sp³-hybridized carbons (Fsp3) is 0.364. The molecule has 6 nitrogen and oxygen atoms in total. The van der Waals surface area contributed by atoms with Crippen molar-refractivity contribution in [3.8, 4) is 5.75 Å². The van der Waals surface area contributed by atoms with E-state index in [1.165, 1.54) is 39.2 Å². The smallest absolute Gasteiger partial charge is 0.426 e. The first-order valence-electron chi connectivity index (χ1n) is 9.53. The van der Waals surface area contributed by atoms with E-state index < -0.39 is 35.5 Å². The Balaban J connectivity index is 1.93. The lowest BCUT2D eigenvalue weighted by Crippen LogP contribution is -2.57. The van der Waals surface area contributed by atoms with E-state index in [9.17, 15) is 27.9 Å². The number of benzene rings is 2. The highest BCUT2D eigenvalue weighted by Crippen LogP contribution is 2.44. The van der Waals surface area contributed by atoms with Gasteiger partial charge in [0, 0.05) is 22.1 Å². The molecule has 0 aliphatic carbocycles. The van der Waals surface area contributed by atoms with Crippen LogP contribution >= 0.6 is 15.9 Å². The Hall–Kier alpha value is -2.59. The number of hydrogen-bond donors (Lipinski definition) is 2. The van der Waals surface area contributed by atoms with Crippen molar-refractivity contribution >= 4 is 33.5 Å². The van der Waals surface area contributed by atoms with Gasteiger partial charge < -0.3 is 19.9 Å². The number of rotatable bonds is 6. The summed E-state index contributed by atoms with van der Waals surface area (Å²) in [5.41, 5.74) is -3.88. The lowest BCUT2D eigenvalue weighted by atomic mass is 9.74. The second-order valence-corrected chi connectivity index (χ2v) is 9.08. The van der Waals surface area contributed by atoms with Crippen molar-refractivity contribution in [1.29, 1.82) is 0 Å². The zero-order valence-corrected chi connectivity index (χ0v) is 19.1. The number of anilines is 1. The highest BCUT2D eigenvalue weighted by molar-refractivity contribution is 9.10. The van der Waals surface area contributed by atoms with Crippen molar-refractivity contribution in [2.75, 3.05) is 12.4 Å². The van der Waals surface area contributed by atoms with Gasteiger partial charge >= 0.3 is 12.1 Å². The number of amides is 1. The van der Waals surface area contributed by atoms with Gasteiger partial charge in [-0.05, 0) is 41.3 Å². The number of nitrogens with one attached hydrogen (secondary N) is 1. The number of ether oxygens (including phenoxy) is 2. The second kappa shape index (κ2) is 8.40. The van der Waals surface area contributed by atoms with Gasteiger partial charge in [-0.2, -0.15) is 13.2 Å². The molecule has 0 radical (unpaired) electrons. The zero-order valence-electron chi connectivity index (χ0n) is 17.5. The molecular weight excluding hydrogens is 495 g/mol. The van der Waals surface area contributed by atoms with E-state index in [1.807, 2.05) is 0 Å². The second-order valence-electron chi connectivity index (χ2n) is 8.17. The molecule has 10 heteroatoms. The number of halogens is 4. The first kappa shape index (κ1) is 24.1. The van der Waals surface area contributed by atoms with Gasteiger partial charge in [0.25, 0.3) is 5.91 Å². The van der Waals surface area contributed by atoms with E-state index in [0.717, 1.165) is 0 Å². The van der Waals surface area contributed by atoms with Gasteiger partial charge in [0.1, 0.15) is 12.4 Å². The molecular formula is C22H21BrF3NO5. The first-order chi connectivity index (χ1) is 14.8. The summed E-state index contributed by atoms with van der Waals surface area (Å²) in [5, 5.41) is 12.8. The van der Waals surface area contributed by atoms with Gasteiger partial charge in [-0.15, -0.1) is 0 Å². The summed E-state index contributed by atoms with van der Waals surface area (Å²) in [5.74, 6) is -1.85. The Morgan fingerprint density at radius 2 is 1.91 bits per heavy atom. The number of carbonyl (C=O) groups excluding carboxylic acids is 2. The Morgan fingerprint density at radius 3 is 2.53 bits per heavy atom. The summed E-state index contributed by atoms with van der Waals surface area (Å²) in [4.78, 5) is 24.3. The van der Waals surface area contributed by atoms with Gasteiger partial charge in [-0.25, -0.2) is 4.79 Å². The van der Waals surface area contributed by atoms with Gasteiger partial charge in [0.15, 0.2) is 0 Å². The third-order valence-electron chi connectivity index (χ3n) is 5.38. The summed E-state index contributed by atoms with van der Waals surface area (Å²) >= 11 is 3.28. The number of fused-ring (bicyclic) bond motifs is 1. The van der Waals surface area contributed by atoms with E-state index in [4.69, 9.17) is 9.47 Å². The number of alkyl halides is 3. The van der Waals surface area contributed by atoms with Crippen LogP contribution in [0.2, 0.25) is 0 Å². The molecule has 1 atom stereocenters. The van der Waals surface area contributed by atoms with Crippen LogP contribution in [0.15, 0.2) is 40.9 Å². The lowest BCUT2D eigenvalue weighted by molar-refractivity contribution is -0.254. The molecule has 0 bridgehead atoms. The molecule has 1 aliphatic heterocycles. The van der Waals surface area contributed by atoms with E-state index in [2.05, 4.69) is 21.2 Å². The maximum atomic E-state index is 14.0. The van der Waals surface area contributed by atoms with Crippen LogP contribution in [0, 0.1) is 0 Å². The number of cyclic esters (lactones) is 1. The van der Waals surface area contributed by atoms with Crippen molar-refractivity contribution < 1.29 is 37.3 Å². The van der Waals surface area contributed by atoms with Gasteiger partial charge in [-0.1, -0.05) is 35.8 Å². The number of methoxy groups -OCH3 is 1. The molecule has 32 heavy (non-hydrogen) atoms. The number of aliphatic hydroxyl groups is 1. The van der Waals surface area contributed by atoms with E-state index in [-0.39, 0.29) is 17.9 Å². The van der Waals surface area contributed by atoms with Gasteiger partial charge in [-0.3, -0.25) is 4.79 Å². The number of carbonyl (C=O) groups is 2. The van der Waals surface area contributed by atoms with Crippen molar-refractivity contribution in [1.82, 2.24) is 0 Å². The van der Waals surface area contributed by atoms with Crippen LogP contribution in [0.4, 0.5) is 18.9 Å². The van der Waals surface area contributed by atoms with Crippen LogP contribution in [0.25, 0.3) is 0 Å². The molecule has 1 unspecified atom stereocenters. The van der Waals surface area contributed by atoms with Crippen molar-refractivity contribution in [3.63, 3.8) is 0 Å². The fourth-order valence-corrected chi connectivity index (χ4v) is 4.05. The minimum absolute atomic E-state index is 0.00810. The molecule has 3 rings (SSSR count). The highest BCUT2D eigenvalue weighted by atomic mass is 79.9. The molecule has 1 aliphatic rings. The Morgan fingerprint density at radius 1 is 1.22 bits per heavy atom. The predicted octanol–water partition coefficient (Wildman–Crippen LogP) is 4.73. The zero-order chi connectivity index (χ0) is 23.9. The van der Waals surface area contributed by atoms with Gasteiger partial charge in [0.05, 0.1) is 12.7 Å². The average Bonchev–Trinajstić information content (AvgIpc) is 3.06. The summed E-state index contributed by atoms with van der Waals surface area (Å²) in [6, 6.07) is 8.79. The molecule has 0 spiro atoms. The maximum Gasteiger partial charge on any atom is 0.426 e. The topological polar surface area (TPSA) is 84.9 Å². The molecule has 1 heterocycles. The first-order valence-corrected chi connectivity index (χ1v) is 10.3. The van der Waals surface area contributed by atoms with Crippen LogP contribution in [0.1, 0.15) is 41.8 Å². The van der Waals surface area contributed by atoms with Crippen LogP contribution in [0.5, 0.6) is 5.75 Å². The van der Waals surface area contributed by atoms with Crippen molar-refractivity contribution in [2.24, 2.45) is 0 Å². The molecule has 172 valence electrons. The number of esters is 1.